The molecule has 2 nitrogen and oxygen atoms in total. The highest BCUT2D eigenvalue weighted by atomic mass is 16.5. The fourth-order valence-corrected chi connectivity index (χ4v) is 3.06. The van der Waals surface area contributed by atoms with Crippen LogP contribution in [0.25, 0.3) is 0 Å². The summed E-state index contributed by atoms with van der Waals surface area (Å²) in [4.78, 5) is 11.4. The molecule has 0 saturated heterocycles. The lowest BCUT2D eigenvalue weighted by atomic mass is 10.0. The largest absolute Gasteiger partial charge is 0.458 e. The molecule has 0 saturated carbocycles. The normalized spacial score (nSPS) is 15.7. The van der Waals surface area contributed by atoms with Crippen LogP contribution in [0.2, 0.25) is 0 Å². The van der Waals surface area contributed by atoms with Gasteiger partial charge in [-0.3, -0.25) is 0 Å². The molecule has 0 aromatic carbocycles. The first-order chi connectivity index (χ1) is 12.9. The Hall–Kier alpha value is -1.83. The molecule has 1 heterocycles. The van der Waals surface area contributed by atoms with Crippen molar-refractivity contribution in [2.45, 2.75) is 86.0 Å². The highest BCUT2D eigenvalue weighted by molar-refractivity contribution is 5.90. The maximum Gasteiger partial charge on any atom is 0.334 e. The van der Waals surface area contributed by atoms with Crippen LogP contribution in [-0.2, 0) is 9.53 Å². The van der Waals surface area contributed by atoms with Gasteiger partial charge in [-0.25, -0.2) is 4.79 Å². The number of esters is 1. The second-order valence-corrected chi connectivity index (χ2v) is 7.92. The Bertz CT molecular complexity index is 623. The van der Waals surface area contributed by atoms with E-state index in [-0.39, 0.29) is 5.97 Å². The number of carbonyl (C=O) groups is 1. The van der Waals surface area contributed by atoms with Crippen LogP contribution in [0.3, 0.4) is 0 Å². The van der Waals surface area contributed by atoms with E-state index in [1.165, 1.54) is 28.7 Å². The van der Waals surface area contributed by atoms with Crippen LogP contribution in [0, 0.1) is 0 Å². The molecule has 2 heteroatoms. The van der Waals surface area contributed by atoms with Crippen molar-refractivity contribution >= 4 is 5.97 Å². The maximum atomic E-state index is 11.4. The van der Waals surface area contributed by atoms with E-state index >= 15 is 0 Å². The van der Waals surface area contributed by atoms with Crippen molar-refractivity contribution in [1.82, 2.24) is 0 Å². The molecule has 0 bridgehead atoms. The van der Waals surface area contributed by atoms with Gasteiger partial charge < -0.3 is 4.74 Å². The molecule has 0 atom stereocenters. The summed E-state index contributed by atoms with van der Waals surface area (Å²) in [5.74, 6) is -0.138. The SMILES string of the molecule is CC(C)=CCCC(C)=CCCC(C)=CCCC(C)=CCCC1=CCOC1=O. The summed E-state index contributed by atoms with van der Waals surface area (Å²) in [6.07, 6.45) is 19.8. The fourth-order valence-electron chi connectivity index (χ4n) is 3.06. The Morgan fingerprint density at radius 3 is 1.74 bits per heavy atom. The van der Waals surface area contributed by atoms with Crippen LogP contribution in [0.1, 0.15) is 86.0 Å². The summed E-state index contributed by atoms with van der Waals surface area (Å²) in [5, 5.41) is 0. The monoisotopic (exact) mass is 370 g/mol. The molecule has 0 N–H and O–H groups in total. The Morgan fingerprint density at radius 1 is 0.815 bits per heavy atom. The number of ether oxygens (including phenoxy) is 1. The first-order valence-corrected chi connectivity index (χ1v) is 10.3. The molecule has 1 aliphatic heterocycles. The third kappa shape index (κ3) is 11.5. The molecule has 0 spiro atoms. The van der Waals surface area contributed by atoms with Gasteiger partial charge in [0.25, 0.3) is 0 Å². The van der Waals surface area contributed by atoms with Gasteiger partial charge >= 0.3 is 5.97 Å². The van der Waals surface area contributed by atoms with Crippen molar-refractivity contribution in [3.63, 3.8) is 0 Å². The molecule has 0 amide bonds. The fraction of sp³-hybridized carbons (Fsp3) is 0.560. The van der Waals surface area contributed by atoms with E-state index < -0.39 is 0 Å². The van der Waals surface area contributed by atoms with Gasteiger partial charge in [0.2, 0.25) is 0 Å². The predicted octanol–water partition coefficient (Wildman–Crippen LogP) is 7.40. The van der Waals surface area contributed by atoms with E-state index in [0.29, 0.717) is 6.61 Å². The molecule has 0 radical (unpaired) electrons. The van der Waals surface area contributed by atoms with Gasteiger partial charge in [-0.1, -0.05) is 46.6 Å². The van der Waals surface area contributed by atoms with E-state index in [1.807, 2.05) is 6.08 Å². The Kier molecular flexibility index (Phi) is 11.5. The van der Waals surface area contributed by atoms with Gasteiger partial charge in [0, 0.05) is 5.57 Å². The summed E-state index contributed by atoms with van der Waals surface area (Å²) < 4.78 is 4.92. The van der Waals surface area contributed by atoms with Gasteiger partial charge in [-0.05, 0) is 92.1 Å². The van der Waals surface area contributed by atoms with Gasteiger partial charge in [-0.2, -0.15) is 0 Å². The average molecular weight is 371 g/mol. The van der Waals surface area contributed by atoms with Crippen LogP contribution in [-0.4, -0.2) is 12.6 Å². The summed E-state index contributed by atoms with van der Waals surface area (Å²) in [7, 11) is 0. The molecule has 150 valence electrons. The van der Waals surface area contributed by atoms with Crippen LogP contribution >= 0.6 is 0 Å². The van der Waals surface area contributed by atoms with Gasteiger partial charge in [0.05, 0.1) is 0 Å². The molecule has 0 aromatic rings. The van der Waals surface area contributed by atoms with E-state index in [4.69, 9.17) is 4.74 Å². The maximum absolute atomic E-state index is 11.4. The van der Waals surface area contributed by atoms with Gasteiger partial charge in [-0.15, -0.1) is 0 Å². The van der Waals surface area contributed by atoms with E-state index in [2.05, 4.69) is 58.9 Å². The van der Waals surface area contributed by atoms with E-state index in [0.717, 1.165) is 50.5 Å². The van der Waals surface area contributed by atoms with Crippen LogP contribution in [0.5, 0.6) is 0 Å². The Morgan fingerprint density at radius 2 is 1.30 bits per heavy atom. The van der Waals surface area contributed by atoms with Gasteiger partial charge in [0.15, 0.2) is 0 Å². The van der Waals surface area contributed by atoms with Crippen molar-refractivity contribution in [2.24, 2.45) is 0 Å². The zero-order chi connectivity index (χ0) is 20.1. The highest BCUT2D eigenvalue weighted by Crippen LogP contribution is 2.16. The van der Waals surface area contributed by atoms with E-state index in [9.17, 15) is 4.79 Å². The summed E-state index contributed by atoms with van der Waals surface area (Å²) >= 11 is 0. The highest BCUT2D eigenvalue weighted by Gasteiger charge is 2.14. The smallest absolute Gasteiger partial charge is 0.334 e. The van der Waals surface area contributed by atoms with Crippen molar-refractivity contribution in [1.29, 1.82) is 0 Å². The molecule has 0 unspecified atom stereocenters. The third-order valence-corrected chi connectivity index (χ3v) is 4.87. The van der Waals surface area contributed by atoms with Crippen LogP contribution in [0.4, 0.5) is 0 Å². The minimum Gasteiger partial charge on any atom is -0.458 e. The van der Waals surface area contributed by atoms with Crippen molar-refractivity contribution in [2.75, 3.05) is 6.61 Å². The van der Waals surface area contributed by atoms with Crippen molar-refractivity contribution < 1.29 is 9.53 Å². The molecule has 0 fully saturated rings. The molecule has 1 rings (SSSR count). The summed E-state index contributed by atoms with van der Waals surface area (Å²) in [5.41, 5.74) is 6.62. The Labute approximate surface area is 166 Å². The zero-order valence-electron chi connectivity index (χ0n) is 18.1. The van der Waals surface area contributed by atoms with E-state index in [1.54, 1.807) is 0 Å². The molecule has 0 aromatic heterocycles. The number of hydrogen-bond acceptors (Lipinski definition) is 2. The number of cyclic esters (lactones) is 1. The second kappa shape index (κ2) is 13.4. The quantitative estimate of drug-likeness (QED) is 0.264. The molecular formula is C25H38O2. The standard InChI is InChI=1S/C25H38O2/c1-20(2)10-6-11-21(3)12-7-13-22(4)14-8-15-23(5)16-9-17-24-18-19-27-25(24)26/h10,12,14,16,18H,6-9,11,13,15,17,19H2,1-5H3. The minimum atomic E-state index is -0.138. The number of allylic oxidation sites excluding steroid dienone is 8. The number of carbonyl (C=O) groups excluding carboxylic acids is 1. The first kappa shape index (κ1) is 23.2. The number of hydrogen-bond donors (Lipinski definition) is 0. The number of rotatable bonds is 12. The molecule has 27 heavy (non-hydrogen) atoms. The van der Waals surface area contributed by atoms with Crippen molar-refractivity contribution in [3.05, 3.63) is 58.2 Å². The Balaban J connectivity index is 2.20. The second-order valence-electron chi connectivity index (χ2n) is 7.92. The lowest BCUT2D eigenvalue weighted by molar-refractivity contribution is -0.136. The topological polar surface area (TPSA) is 26.3 Å². The molecule has 1 aliphatic rings. The minimum absolute atomic E-state index is 0.138. The van der Waals surface area contributed by atoms with Gasteiger partial charge in [0.1, 0.15) is 6.61 Å². The van der Waals surface area contributed by atoms with Crippen LogP contribution in [0.15, 0.2) is 58.2 Å². The lowest BCUT2D eigenvalue weighted by Crippen LogP contribution is -1.98. The summed E-state index contributed by atoms with van der Waals surface area (Å²) in [6, 6.07) is 0. The van der Waals surface area contributed by atoms with Crippen molar-refractivity contribution in [3.8, 4) is 0 Å². The van der Waals surface area contributed by atoms with Crippen LogP contribution < -0.4 is 0 Å². The molecular weight excluding hydrogens is 332 g/mol. The molecule has 0 aliphatic carbocycles. The lowest BCUT2D eigenvalue weighted by Gasteiger charge is -2.03. The zero-order valence-corrected chi connectivity index (χ0v) is 18.1. The predicted molar refractivity (Wildman–Crippen MR) is 117 cm³/mol. The summed E-state index contributed by atoms with van der Waals surface area (Å²) in [6.45, 7) is 11.4. The third-order valence-electron chi connectivity index (χ3n) is 4.87. The average Bonchev–Trinajstić information content (AvgIpc) is 2.99. The first-order valence-electron chi connectivity index (χ1n) is 10.3.